The van der Waals surface area contributed by atoms with Gasteiger partial charge in [-0.15, -0.1) is 0 Å². The van der Waals surface area contributed by atoms with Crippen LogP contribution in [-0.4, -0.2) is 10.2 Å². The SMILES string of the molecule is Nc1c(O)ccc(F)c1NC(=S)Nc1ccc(Cl)cc1Cl. The molecule has 110 valence electrons. The highest BCUT2D eigenvalue weighted by Crippen LogP contribution is 2.31. The topological polar surface area (TPSA) is 70.3 Å². The van der Waals surface area contributed by atoms with Gasteiger partial charge in [0.05, 0.1) is 10.7 Å². The number of thiocarbonyl (C=S) groups is 1. The molecule has 0 spiro atoms. The second-order valence-electron chi connectivity index (χ2n) is 4.06. The van der Waals surface area contributed by atoms with Crippen molar-refractivity contribution in [1.82, 2.24) is 0 Å². The van der Waals surface area contributed by atoms with Gasteiger partial charge < -0.3 is 21.5 Å². The standard InChI is InChI=1S/C13H10Cl2FN3OS/c14-6-1-3-9(7(15)5-6)18-13(21)19-12-8(16)2-4-10(20)11(12)17/h1-5,20H,17H2,(H2,18,19,21). The summed E-state index contributed by atoms with van der Waals surface area (Å²) in [7, 11) is 0. The van der Waals surface area contributed by atoms with Crippen molar-refractivity contribution >= 4 is 57.6 Å². The molecule has 0 radical (unpaired) electrons. The molecule has 0 aliphatic heterocycles. The van der Waals surface area contributed by atoms with Crippen molar-refractivity contribution in [1.29, 1.82) is 0 Å². The number of hydrogen-bond donors (Lipinski definition) is 4. The Hall–Kier alpha value is -1.76. The lowest BCUT2D eigenvalue weighted by molar-refractivity contribution is 0.476. The Kier molecular flexibility index (Phi) is 4.72. The van der Waals surface area contributed by atoms with Crippen molar-refractivity contribution in [3.63, 3.8) is 0 Å². The van der Waals surface area contributed by atoms with Gasteiger partial charge in [0.1, 0.15) is 22.9 Å². The molecule has 2 aromatic carbocycles. The minimum atomic E-state index is -0.642. The van der Waals surface area contributed by atoms with Gasteiger partial charge in [0.15, 0.2) is 5.11 Å². The Bertz CT molecular complexity index is 712. The van der Waals surface area contributed by atoms with E-state index in [2.05, 4.69) is 10.6 Å². The quantitative estimate of drug-likeness (QED) is 0.372. The van der Waals surface area contributed by atoms with E-state index < -0.39 is 5.82 Å². The fourth-order valence-corrected chi connectivity index (χ4v) is 2.23. The number of halogens is 3. The highest BCUT2D eigenvalue weighted by atomic mass is 35.5. The van der Waals surface area contributed by atoms with E-state index in [1.54, 1.807) is 12.1 Å². The first-order valence-corrected chi connectivity index (χ1v) is 6.85. The number of anilines is 3. The number of aromatic hydroxyl groups is 1. The van der Waals surface area contributed by atoms with Gasteiger partial charge in [0.25, 0.3) is 0 Å². The molecule has 4 nitrogen and oxygen atoms in total. The van der Waals surface area contributed by atoms with Gasteiger partial charge in [-0.05, 0) is 42.5 Å². The van der Waals surface area contributed by atoms with Gasteiger partial charge in [-0.2, -0.15) is 0 Å². The van der Waals surface area contributed by atoms with Crippen molar-refractivity contribution in [3.8, 4) is 5.75 Å². The predicted molar refractivity (Wildman–Crippen MR) is 88.8 cm³/mol. The Morgan fingerprint density at radius 3 is 2.57 bits per heavy atom. The lowest BCUT2D eigenvalue weighted by atomic mass is 10.2. The summed E-state index contributed by atoms with van der Waals surface area (Å²) in [5.74, 6) is -0.886. The Balaban J connectivity index is 2.17. The first-order chi connectivity index (χ1) is 9.88. The maximum atomic E-state index is 13.7. The highest BCUT2D eigenvalue weighted by molar-refractivity contribution is 7.80. The number of nitrogens with one attached hydrogen (secondary N) is 2. The van der Waals surface area contributed by atoms with E-state index in [4.69, 9.17) is 41.2 Å². The number of nitrogens with two attached hydrogens (primary N) is 1. The summed E-state index contributed by atoms with van der Waals surface area (Å²) in [6.45, 7) is 0. The van der Waals surface area contributed by atoms with Crippen LogP contribution in [0.5, 0.6) is 5.75 Å². The first-order valence-electron chi connectivity index (χ1n) is 5.68. The molecule has 2 rings (SSSR count). The van der Waals surface area contributed by atoms with Crippen LogP contribution in [-0.2, 0) is 0 Å². The van der Waals surface area contributed by atoms with E-state index >= 15 is 0 Å². The molecule has 0 atom stereocenters. The Morgan fingerprint density at radius 1 is 1.19 bits per heavy atom. The van der Waals surface area contributed by atoms with Gasteiger partial charge in [-0.1, -0.05) is 23.2 Å². The molecule has 0 unspecified atom stereocenters. The van der Waals surface area contributed by atoms with E-state index in [-0.39, 0.29) is 22.2 Å². The Labute approximate surface area is 135 Å². The molecule has 8 heteroatoms. The first kappa shape index (κ1) is 15.6. The summed E-state index contributed by atoms with van der Waals surface area (Å²) in [5, 5.41) is 15.7. The van der Waals surface area contributed by atoms with Crippen LogP contribution in [0, 0.1) is 5.82 Å². The molecule has 0 saturated carbocycles. The number of rotatable bonds is 2. The summed E-state index contributed by atoms with van der Waals surface area (Å²) < 4.78 is 13.7. The summed E-state index contributed by atoms with van der Waals surface area (Å²) in [4.78, 5) is 0. The molecule has 2 aromatic rings. The lowest BCUT2D eigenvalue weighted by Gasteiger charge is -2.14. The number of phenolic OH excluding ortho intramolecular Hbond substituents is 1. The van der Waals surface area contributed by atoms with Crippen molar-refractivity contribution in [2.75, 3.05) is 16.4 Å². The third-order valence-corrected chi connectivity index (χ3v) is 3.34. The van der Waals surface area contributed by atoms with Crippen LogP contribution in [0.2, 0.25) is 10.0 Å². The van der Waals surface area contributed by atoms with Crippen LogP contribution < -0.4 is 16.4 Å². The second-order valence-corrected chi connectivity index (χ2v) is 5.31. The summed E-state index contributed by atoms with van der Waals surface area (Å²) in [6.07, 6.45) is 0. The molecule has 0 fully saturated rings. The third-order valence-electron chi connectivity index (χ3n) is 2.59. The number of nitrogen functional groups attached to an aromatic ring is 1. The van der Waals surface area contributed by atoms with Crippen LogP contribution in [0.15, 0.2) is 30.3 Å². The van der Waals surface area contributed by atoms with Crippen molar-refractivity contribution in [2.24, 2.45) is 0 Å². The van der Waals surface area contributed by atoms with Crippen molar-refractivity contribution < 1.29 is 9.50 Å². The minimum Gasteiger partial charge on any atom is -0.506 e. The number of hydrogen-bond acceptors (Lipinski definition) is 3. The fraction of sp³-hybridized carbons (Fsp3) is 0. The highest BCUT2D eigenvalue weighted by Gasteiger charge is 2.12. The maximum Gasteiger partial charge on any atom is 0.175 e. The van der Waals surface area contributed by atoms with Crippen LogP contribution in [0.1, 0.15) is 0 Å². The van der Waals surface area contributed by atoms with Gasteiger partial charge in [0, 0.05) is 5.02 Å². The van der Waals surface area contributed by atoms with E-state index in [1.807, 2.05) is 0 Å². The van der Waals surface area contributed by atoms with Gasteiger partial charge >= 0.3 is 0 Å². The van der Waals surface area contributed by atoms with E-state index in [0.29, 0.717) is 15.7 Å². The molecule has 21 heavy (non-hydrogen) atoms. The molecule has 0 aromatic heterocycles. The zero-order valence-corrected chi connectivity index (χ0v) is 12.8. The van der Waals surface area contributed by atoms with Crippen molar-refractivity contribution in [3.05, 3.63) is 46.2 Å². The van der Waals surface area contributed by atoms with Crippen LogP contribution in [0.4, 0.5) is 21.5 Å². The zero-order valence-electron chi connectivity index (χ0n) is 10.5. The molecule has 0 aliphatic carbocycles. The van der Waals surface area contributed by atoms with Gasteiger partial charge in [0.2, 0.25) is 0 Å². The van der Waals surface area contributed by atoms with Gasteiger partial charge in [-0.3, -0.25) is 0 Å². The average Bonchev–Trinajstić information content (AvgIpc) is 2.42. The molecule has 0 aliphatic rings. The average molecular weight is 346 g/mol. The monoisotopic (exact) mass is 345 g/mol. The van der Waals surface area contributed by atoms with E-state index in [0.717, 1.165) is 12.1 Å². The van der Waals surface area contributed by atoms with E-state index in [1.165, 1.54) is 6.07 Å². The minimum absolute atomic E-state index is 0.0652. The number of benzene rings is 2. The molecule has 0 amide bonds. The summed E-state index contributed by atoms with van der Waals surface area (Å²) in [6, 6.07) is 7.02. The maximum absolute atomic E-state index is 13.7. The zero-order chi connectivity index (χ0) is 15.6. The predicted octanol–water partition coefficient (Wildman–Crippen LogP) is 4.23. The normalized spacial score (nSPS) is 10.2. The Morgan fingerprint density at radius 2 is 1.90 bits per heavy atom. The largest absolute Gasteiger partial charge is 0.506 e. The van der Waals surface area contributed by atoms with Crippen LogP contribution >= 0.6 is 35.4 Å². The molecule has 5 N–H and O–H groups in total. The van der Waals surface area contributed by atoms with Crippen LogP contribution in [0.3, 0.4) is 0 Å². The second kappa shape index (κ2) is 6.34. The molecule has 0 saturated heterocycles. The summed E-state index contributed by atoms with van der Waals surface area (Å²) in [5.41, 5.74) is 5.84. The lowest BCUT2D eigenvalue weighted by Crippen LogP contribution is -2.20. The molecular formula is C13H10Cl2FN3OS. The number of phenols is 1. The van der Waals surface area contributed by atoms with Crippen molar-refractivity contribution in [2.45, 2.75) is 0 Å². The smallest absolute Gasteiger partial charge is 0.175 e. The van der Waals surface area contributed by atoms with Gasteiger partial charge in [-0.25, -0.2) is 4.39 Å². The third kappa shape index (κ3) is 3.66. The summed E-state index contributed by atoms with van der Waals surface area (Å²) >= 11 is 16.8. The molecular weight excluding hydrogens is 336 g/mol. The molecule has 0 heterocycles. The van der Waals surface area contributed by atoms with E-state index in [9.17, 15) is 9.50 Å². The fourth-order valence-electron chi connectivity index (χ4n) is 1.57. The van der Waals surface area contributed by atoms with Crippen LogP contribution in [0.25, 0.3) is 0 Å². The molecule has 0 bridgehead atoms.